The maximum atomic E-state index is 12.3. The Morgan fingerprint density at radius 3 is 2.75 bits per heavy atom. The van der Waals surface area contributed by atoms with Crippen molar-refractivity contribution < 1.29 is 14.3 Å². The number of anilines is 1. The van der Waals surface area contributed by atoms with Gasteiger partial charge in [0.2, 0.25) is 18.6 Å². The Labute approximate surface area is 138 Å². The molecule has 0 saturated carbocycles. The zero-order valence-electron chi connectivity index (χ0n) is 13.1. The molecule has 3 N–H and O–H groups in total. The summed E-state index contributed by atoms with van der Waals surface area (Å²) in [7, 11) is 0. The zero-order chi connectivity index (χ0) is 16.5. The van der Waals surface area contributed by atoms with Gasteiger partial charge in [-0.25, -0.2) is 0 Å². The van der Waals surface area contributed by atoms with Crippen LogP contribution < -0.4 is 15.2 Å². The summed E-state index contributed by atoms with van der Waals surface area (Å²) in [5, 5.41) is 6.25. The number of hydrogen-bond donors (Lipinski definition) is 2. The highest BCUT2D eigenvalue weighted by atomic mass is 16.7. The number of ether oxygens (including phenoxy) is 2. The van der Waals surface area contributed by atoms with Gasteiger partial charge in [-0.05, 0) is 17.7 Å². The monoisotopic (exact) mass is 330 g/mol. The van der Waals surface area contributed by atoms with Gasteiger partial charge in [0.25, 0.3) is 5.91 Å². The summed E-state index contributed by atoms with van der Waals surface area (Å²) in [5.41, 5.74) is 6.61. The predicted molar refractivity (Wildman–Crippen MR) is 84.5 cm³/mol. The third kappa shape index (κ3) is 2.85. The van der Waals surface area contributed by atoms with Crippen LogP contribution in [-0.4, -0.2) is 63.9 Å². The minimum Gasteiger partial charge on any atom is -0.454 e. The smallest absolute Gasteiger partial charge is 0.291 e. The molecule has 1 amide bonds. The van der Waals surface area contributed by atoms with Crippen molar-refractivity contribution >= 4 is 11.9 Å². The Morgan fingerprint density at radius 2 is 2.00 bits per heavy atom. The summed E-state index contributed by atoms with van der Waals surface area (Å²) in [4.78, 5) is 20.2. The molecule has 0 radical (unpaired) electrons. The minimum absolute atomic E-state index is 0.0831. The lowest BCUT2D eigenvalue weighted by Crippen LogP contribution is -2.48. The molecule has 0 bridgehead atoms. The number of piperazine rings is 1. The van der Waals surface area contributed by atoms with Crippen LogP contribution in [0.15, 0.2) is 18.2 Å². The van der Waals surface area contributed by atoms with Crippen LogP contribution in [0.3, 0.4) is 0 Å². The van der Waals surface area contributed by atoms with E-state index in [1.165, 1.54) is 5.56 Å². The van der Waals surface area contributed by atoms with Crippen molar-refractivity contribution in [2.45, 2.75) is 6.54 Å². The Kier molecular flexibility index (Phi) is 3.69. The molecule has 0 atom stereocenters. The molecule has 0 unspecified atom stereocenters. The van der Waals surface area contributed by atoms with E-state index < -0.39 is 0 Å². The highest BCUT2D eigenvalue weighted by Gasteiger charge is 2.24. The van der Waals surface area contributed by atoms with E-state index >= 15 is 0 Å². The topological polar surface area (TPSA) is 110 Å². The molecular weight excluding hydrogens is 312 g/mol. The van der Waals surface area contributed by atoms with Crippen molar-refractivity contribution in [3.05, 3.63) is 29.6 Å². The molecule has 0 aliphatic carbocycles. The van der Waals surface area contributed by atoms with E-state index in [0.717, 1.165) is 31.1 Å². The number of carbonyl (C=O) groups excluding carboxylic acids is 1. The van der Waals surface area contributed by atoms with Crippen LogP contribution in [0.25, 0.3) is 0 Å². The number of nitrogen functional groups attached to an aromatic ring is 1. The maximum Gasteiger partial charge on any atom is 0.291 e. The Balaban J connectivity index is 1.34. The number of aromatic nitrogens is 3. The molecule has 9 heteroatoms. The van der Waals surface area contributed by atoms with Crippen LogP contribution in [0, 0.1) is 0 Å². The Morgan fingerprint density at radius 1 is 1.21 bits per heavy atom. The summed E-state index contributed by atoms with van der Waals surface area (Å²) >= 11 is 0. The SMILES string of the molecule is Nc1n[nH]c(C(=O)N2CCN(Cc3ccc4c(c3)OCO4)CC2)n1. The van der Waals surface area contributed by atoms with Gasteiger partial charge in [-0.2, -0.15) is 4.98 Å². The van der Waals surface area contributed by atoms with E-state index in [9.17, 15) is 4.79 Å². The van der Waals surface area contributed by atoms with Crippen LogP contribution in [-0.2, 0) is 6.54 Å². The molecular formula is C15H18N6O3. The number of fused-ring (bicyclic) bond motifs is 1. The number of rotatable bonds is 3. The second-order valence-electron chi connectivity index (χ2n) is 5.80. The van der Waals surface area contributed by atoms with Crippen LogP contribution in [0.1, 0.15) is 16.2 Å². The van der Waals surface area contributed by atoms with E-state index in [0.29, 0.717) is 13.1 Å². The molecule has 126 valence electrons. The first-order chi connectivity index (χ1) is 11.7. The number of carbonyl (C=O) groups is 1. The fourth-order valence-electron chi connectivity index (χ4n) is 2.93. The summed E-state index contributed by atoms with van der Waals surface area (Å²) < 4.78 is 10.7. The zero-order valence-corrected chi connectivity index (χ0v) is 13.1. The molecule has 4 rings (SSSR count). The Bertz CT molecular complexity index is 753. The van der Waals surface area contributed by atoms with Gasteiger partial charge in [-0.1, -0.05) is 6.07 Å². The fraction of sp³-hybridized carbons (Fsp3) is 0.400. The number of nitrogens with zero attached hydrogens (tertiary/aromatic N) is 4. The lowest BCUT2D eigenvalue weighted by Gasteiger charge is -2.34. The summed E-state index contributed by atoms with van der Waals surface area (Å²) in [6, 6.07) is 5.99. The normalized spacial score (nSPS) is 17.2. The third-order valence-corrected chi connectivity index (χ3v) is 4.21. The average molecular weight is 330 g/mol. The van der Waals surface area contributed by atoms with E-state index in [1.807, 2.05) is 18.2 Å². The van der Waals surface area contributed by atoms with Crippen LogP contribution in [0.4, 0.5) is 5.95 Å². The molecule has 24 heavy (non-hydrogen) atoms. The van der Waals surface area contributed by atoms with Crippen LogP contribution in [0.5, 0.6) is 11.5 Å². The van der Waals surface area contributed by atoms with Gasteiger partial charge in [0, 0.05) is 32.7 Å². The lowest BCUT2D eigenvalue weighted by atomic mass is 10.1. The number of nitrogens with two attached hydrogens (primary N) is 1. The molecule has 1 saturated heterocycles. The Hall–Kier alpha value is -2.81. The van der Waals surface area contributed by atoms with Crippen LogP contribution >= 0.6 is 0 Å². The largest absolute Gasteiger partial charge is 0.454 e. The maximum absolute atomic E-state index is 12.3. The fourth-order valence-corrected chi connectivity index (χ4v) is 2.93. The quantitative estimate of drug-likeness (QED) is 0.819. The lowest BCUT2D eigenvalue weighted by molar-refractivity contribution is 0.0617. The first-order valence-corrected chi connectivity index (χ1v) is 7.77. The number of aromatic amines is 1. The van der Waals surface area contributed by atoms with Gasteiger partial charge in [0.1, 0.15) is 0 Å². The molecule has 1 aromatic carbocycles. The number of hydrogen-bond acceptors (Lipinski definition) is 7. The minimum atomic E-state index is -0.165. The van der Waals surface area contributed by atoms with E-state index in [1.54, 1.807) is 4.90 Å². The first-order valence-electron chi connectivity index (χ1n) is 7.77. The second kappa shape index (κ2) is 6.00. The third-order valence-electron chi connectivity index (χ3n) is 4.21. The van der Waals surface area contributed by atoms with Gasteiger partial charge in [-0.15, -0.1) is 5.10 Å². The highest BCUT2D eigenvalue weighted by Crippen LogP contribution is 2.32. The second-order valence-corrected chi connectivity index (χ2v) is 5.80. The highest BCUT2D eigenvalue weighted by molar-refractivity contribution is 5.90. The van der Waals surface area contributed by atoms with Gasteiger partial charge < -0.3 is 20.1 Å². The van der Waals surface area contributed by atoms with Crippen molar-refractivity contribution in [3.8, 4) is 11.5 Å². The van der Waals surface area contributed by atoms with Crippen molar-refractivity contribution in [2.24, 2.45) is 0 Å². The molecule has 0 spiro atoms. The number of benzene rings is 1. The molecule has 1 fully saturated rings. The number of amides is 1. The number of H-pyrrole nitrogens is 1. The van der Waals surface area contributed by atoms with Gasteiger partial charge in [0.05, 0.1) is 0 Å². The summed E-state index contributed by atoms with van der Waals surface area (Å²) in [6.07, 6.45) is 0. The molecule has 2 aliphatic heterocycles. The van der Waals surface area contributed by atoms with Crippen molar-refractivity contribution in [3.63, 3.8) is 0 Å². The summed E-state index contributed by atoms with van der Waals surface area (Å²) in [6.45, 7) is 3.97. The van der Waals surface area contributed by atoms with Crippen molar-refractivity contribution in [1.29, 1.82) is 0 Å². The first kappa shape index (κ1) is 14.8. The van der Waals surface area contributed by atoms with Crippen molar-refractivity contribution in [1.82, 2.24) is 25.0 Å². The van der Waals surface area contributed by atoms with E-state index in [2.05, 4.69) is 20.1 Å². The molecule has 2 aromatic rings. The van der Waals surface area contributed by atoms with Gasteiger partial charge in [-0.3, -0.25) is 14.8 Å². The molecule has 2 aliphatic rings. The number of nitrogens with one attached hydrogen (secondary N) is 1. The average Bonchev–Trinajstić information content (AvgIpc) is 3.23. The summed E-state index contributed by atoms with van der Waals surface area (Å²) in [5.74, 6) is 1.70. The van der Waals surface area contributed by atoms with Crippen LogP contribution in [0.2, 0.25) is 0 Å². The van der Waals surface area contributed by atoms with Gasteiger partial charge >= 0.3 is 0 Å². The predicted octanol–water partition coefficient (Wildman–Crippen LogP) is 0.0736. The molecule has 1 aromatic heterocycles. The molecule has 9 nitrogen and oxygen atoms in total. The standard InChI is InChI=1S/C15H18N6O3/c16-15-17-13(18-19-15)14(22)21-5-3-20(4-6-21)8-10-1-2-11-12(7-10)24-9-23-11/h1-2,7H,3-6,8-9H2,(H3,16,17,18,19). The molecule has 3 heterocycles. The van der Waals surface area contributed by atoms with E-state index in [-0.39, 0.29) is 24.5 Å². The van der Waals surface area contributed by atoms with E-state index in [4.69, 9.17) is 15.2 Å². The van der Waals surface area contributed by atoms with Crippen molar-refractivity contribution in [2.75, 3.05) is 38.7 Å². The van der Waals surface area contributed by atoms with Gasteiger partial charge in [0.15, 0.2) is 11.5 Å².